The Morgan fingerprint density at radius 3 is 2.12 bits per heavy atom. The van der Waals surface area contributed by atoms with E-state index in [-0.39, 0.29) is 11.4 Å². The molecule has 1 saturated heterocycles. The van der Waals surface area contributed by atoms with E-state index in [4.69, 9.17) is 0 Å². The number of benzene rings is 3. The summed E-state index contributed by atoms with van der Waals surface area (Å²) in [5, 5.41) is 11.8. The van der Waals surface area contributed by atoms with Gasteiger partial charge in [0.15, 0.2) is 0 Å². The number of anilines is 1. The van der Waals surface area contributed by atoms with Gasteiger partial charge in [-0.2, -0.15) is 0 Å². The second-order valence-corrected chi connectivity index (χ2v) is 8.90. The van der Waals surface area contributed by atoms with Crippen LogP contribution in [0.15, 0.2) is 66.7 Å². The molecule has 0 N–H and O–H groups in total. The lowest BCUT2D eigenvalue weighted by Crippen LogP contribution is -2.54. The lowest BCUT2D eigenvalue weighted by atomic mass is 9.48. The first-order valence-corrected chi connectivity index (χ1v) is 10.7. The fraction of sp³-hybridized carbons (Fsp3) is 0.192. The Morgan fingerprint density at radius 1 is 0.939 bits per heavy atom. The lowest BCUT2D eigenvalue weighted by Gasteiger charge is -2.51. The van der Waals surface area contributed by atoms with Gasteiger partial charge >= 0.3 is 0 Å². The van der Waals surface area contributed by atoms with Crippen LogP contribution in [0.5, 0.6) is 0 Å². The minimum absolute atomic E-state index is 0.0523. The second kappa shape index (κ2) is 6.45. The molecular weight excluding hydrogens is 420 g/mol. The first-order valence-electron chi connectivity index (χ1n) is 10.7. The molecule has 2 amide bonds. The van der Waals surface area contributed by atoms with Gasteiger partial charge in [0.1, 0.15) is 12.0 Å². The summed E-state index contributed by atoms with van der Waals surface area (Å²) in [6, 6.07) is 19.3. The minimum atomic E-state index is -1.33. The van der Waals surface area contributed by atoms with Gasteiger partial charge in [0.2, 0.25) is 11.8 Å². The summed E-state index contributed by atoms with van der Waals surface area (Å²) in [7, 11) is 0. The van der Waals surface area contributed by atoms with Crippen LogP contribution in [0.1, 0.15) is 33.7 Å². The summed E-state index contributed by atoms with van der Waals surface area (Å²) in [6.45, 7) is 1.71. The molecule has 162 valence electrons. The van der Waals surface area contributed by atoms with Crippen molar-refractivity contribution >= 4 is 29.5 Å². The van der Waals surface area contributed by atoms with Crippen LogP contribution in [0.25, 0.3) is 0 Å². The Labute approximate surface area is 188 Å². The average molecular weight is 438 g/mol. The number of nitrogens with zero attached hydrogens (tertiary/aromatic N) is 2. The monoisotopic (exact) mass is 438 g/mol. The molecule has 1 fully saturated rings. The molecule has 4 aliphatic rings. The zero-order valence-corrected chi connectivity index (χ0v) is 17.6. The number of imide groups is 1. The zero-order valence-electron chi connectivity index (χ0n) is 17.6. The molecule has 0 radical (unpaired) electrons. The number of carbonyl (C=O) groups excluding carboxylic acids is 3. The highest BCUT2D eigenvalue weighted by Gasteiger charge is 2.68. The fourth-order valence-electron chi connectivity index (χ4n) is 6.24. The SMILES string of the molecule is Cc1ccc(N2C(=O)[C@@H]3[C@@H](C2=O)C2c4ccccc4C3(C=O)c3ccccc32)c([N+](=O)[O-])c1. The lowest BCUT2D eigenvalue weighted by molar-refractivity contribution is -0.384. The number of hydrogen-bond acceptors (Lipinski definition) is 5. The molecule has 0 spiro atoms. The molecule has 1 aliphatic heterocycles. The number of aldehydes is 1. The number of hydrogen-bond donors (Lipinski definition) is 0. The molecule has 1 heterocycles. The number of nitro benzene ring substituents is 1. The number of nitro groups is 1. The fourth-order valence-corrected chi connectivity index (χ4v) is 6.24. The van der Waals surface area contributed by atoms with Gasteiger partial charge in [-0.3, -0.25) is 19.7 Å². The molecule has 0 aromatic heterocycles. The summed E-state index contributed by atoms with van der Waals surface area (Å²) in [5.74, 6) is -3.25. The standard InChI is InChI=1S/C26H18N2O5/c1-14-10-11-19(20(12-14)28(32)33)27-24(30)22-21-15-6-2-4-8-17(15)26(13-29,23(22)25(27)31)18-9-5-3-7-16(18)21/h2-13,21-23H,1H3/t21?,22-,23-,26?/m0/s1. The molecule has 3 aromatic rings. The smallest absolute Gasteiger partial charge is 0.293 e. The minimum Gasteiger partial charge on any atom is -0.302 e. The molecule has 2 bridgehead atoms. The van der Waals surface area contributed by atoms with Crippen LogP contribution < -0.4 is 4.90 Å². The van der Waals surface area contributed by atoms with Crippen molar-refractivity contribution < 1.29 is 19.3 Å². The average Bonchev–Trinajstić information content (AvgIpc) is 3.10. The Hall–Kier alpha value is -4.13. The first kappa shape index (κ1) is 19.5. The van der Waals surface area contributed by atoms with Gasteiger partial charge in [0.05, 0.1) is 22.2 Å². The molecule has 2 atom stereocenters. The van der Waals surface area contributed by atoms with E-state index in [0.717, 1.165) is 33.4 Å². The highest BCUT2D eigenvalue weighted by Crippen LogP contribution is 2.63. The maximum Gasteiger partial charge on any atom is 0.293 e. The van der Waals surface area contributed by atoms with Crippen molar-refractivity contribution in [2.45, 2.75) is 18.3 Å². The van der Waals surface area contributed by atoms with Crippen molar-refractivity contribution in [2.75, 3.05) is 4.90 Å². The van der Waals surface area contributed by atoms with Gasteiger partial charge in [0, 0.05) is 12.0 Å². The van der Waals surface area contributed by atoms with Gasteiger partial charge in [-0.05, 0) is 40.8 Å². The van der Waals surface area contributed by atoms with Crippen LogP contribution in [0.4, 0.5) is 11.4 Å². The van der Waals surface area contributed by atoms with Crippen LogP contribution in [0.3, 0.4) is 0 Å². The summed E-state index contributed by atoms with van der Waals surface area (Å²) < 4.78 is 0. The molecule has 7 rings (SSSR count). The Morgan fingerprint density at radius 2 is 1.55 bits per heavy atom. The van der Waals surface area contributed by atoms with E-state index in [9.17, 15) is 24.5 Å². The molecule has 7 heteroatoms. The predicted octanol–water partition coefficient (Wildman–Crippen LogP) is 3.65. The Bertz CT molecular complexity index is 1360. The van der Waals surface area contributed by atoms with E-state index in [1.54, 1.807) is 13.0 Å². The largest absolute Gasteiger partial charge is 0.302 e. The zero-order chi connectivity index (χ0) is 23.1. The van der Waals surface area contributed by atoms with E-state index >= 15 is 0 Å². The van der Waals surface area contributed by atoms with Crippen molar-refractivity contribution in [1.29, 1.82) is 0 Å². The molecule has 3 aliphatic carbocycles. The van der Waals surface area contributed by atoms with Gasteiger partial charge in [-0.1, -0.05) is 54.6 Å². The maximum atomic E-state index is 13.9. The van der Waals surface area contributed by atoms with Crippen molar-refractivity contribution in [1.82, 2.24) is 0 Å². The van der Waals surface area contributed by atoms with Crippen LogP contribution in [0, 0.1) is 28.9 Å². The third kappa shape index (κ3) is 2.21. The van der Waals surface area contributed by atoms with Crippen molar-refractivity contribution in [3.63, 3.8) is 0 Å². The number of carbonyl (C=O) groups is 3. The number of rotatable bonds is 3. The van der Waals surface area contributed by atoms with E-state index < -0.39 is 39.9 Å². The topological polar surface area (TPSA) is 97.6 Å². The quantitative estimate of drug-likeness (QED) is 0.269. The summed E-state index contributed by atoms with van der Waals surface area (Å²) in [5.41, 5.74) is 2.12. The summed E-state index contributed by atoms with van der Waals surface area (Å²) in [4.78, 5) is 52.8. The highest BCUT2D eigenvalue weighted by atomic mass is 16.6. The molecule has 3 aromatic carbocycles. The first-order chi connectivity index (χ1) is 15.9. The van der Waals surface area contributed by atoms with Crippen LogP contribution >= 0.6 is 0 Å². The highest BCUT2D eigenvalue weighted by molar-refractivity contribution is 6.25. The van der Waals surface area contributed by atoms with Gasteiger partial charge < -0.3 is 4.79 Å². The normalized spacial score (nSPS) is 26.6. The molecule has 7 nitrogen and oxygen atoms in total. The second-order valence-electron chi connectivity index (χ2n) is 8.90. The van der Waals surface area contributed by atoms with Crippen molar-refractivity contribution in [3.05, 3.63) is 105 Å². The van der Waals surface area contributed by atoms with Gasteiger partial charge in [-0.25, -0.2) is 4.90 Å². The molecular formula is C26H18N2O5. The van der Waals surface area contributed by atoms with Crippen molar-refractivity contribution in [3.8, 4) is 0 Å². The van der Waals surface area contributed by atoms with Crippen molar-refractivity contribution in [2.24, 2.45) is 11.8 Å². The number of aryl methyl sites for hydroxylation is 1. The van der Waals surface area contributed by atoms with Crippen LogP contribution in [0.2, 0.25) is 0 Å². The van der Waals surface area contributed by atoms with Gasteiger partial charge in [-0.15, -0.1) is 0 Å². The van der Waals surface area contributed by atoms with Crippen LogP contribution in [-0.4, -0.2) is 23.0 Å². The van der Waals surface area contributed by atoms with Crippen LogP contribution in [-0.2, 0) is 19.8 Å². The summed E-state index contributed by atoms with van der Waals surface area (Å²) >= 11 is 0. The molecule has 33 heavy (non-hydrogen) atoms. The van der Waals surface area contributed by atoms with E-state index in [0.29, 0.717) is 5.56 Å². The predicted molar refractivity (Wildman–Crippen MR) is 119 cm³/mol. The van der Waals surface area contributed by atoms with Gasteiger partial charge in [0.25, 0.3) is 5.69 Å². The Kier molecular flexibility index (Phi) is 3.82. The number of amides is 2. The molecule has 0 saturated carbocycles. The third-order valence-electron chi connectivity index (χ3n) is 7.44. The van der Waals surface area contributed by atoms with E-state index in [1.165, 1.54) is 12.1 Å². The maximum absolute atomic E-state index is 13.9. The molecule has 0 unspecified atom stereocenters. The third-order valence-corrected chi connectivity index (χ3v) is 7.44. The Balaban J connectivity index is 1.64. The summed E-state index contributed by atoms with van der Waals surface area (Å²) in [6.07, 6.45) is 0.788. The van der Waals surface area contributed by atoms with E-state index in [2.05, 4.69) is 0 Å². The van der Waals surface area contributed by atoms with E-state index in [1.807, 2.05) is 48.5 Å².